The number of methoxy groups -OCH3 is 1. The summed E-state index contributed by atoms with van der Waals surface area (Å²) in [5.74, 6) is 0.129. The molecule has 1 aliphatic heterocycles. The zero-order valence-electron chi connectivity index (χ0n) is 15.3. The molecule has 134 valence electrons. The third-order valence-electron chi connectivity index (χ3n) is 4.77. The van der Waals surface area contributed by atoms with Crippen LogP contribution in [0, 0.1) is 0 Å². The monoisotopic (exact) mass is 333 g/mol. The van der Waals surface area contributed by atoms with Crippen LogP contribution >= 0.6 is 0 Å². The number of amides is 1. The van der Waals surface area contributed by atoms with E-state index in [1.807, 2.05) is 43.0 Å². The van der Waals surface area contributed by atoms with Crippen LogP contribution in [0.15, 0.2) is 24.3 Å². The number of rotatable bonds is 7. The summed E-state index contributed by atoms with van der Waals surface area (Å²) >= 11 is 0. The molecule has 1 amide bonds. The molecule has 1 heterocycles. The Bertz CT molecular complexity index is 519. The molecule has 0 aromatic heterocycles. The van der Waals surface area contributed by atoms with Gasteiger partial charge in [-0.2, -0.15) is 0 Å². The first-order valence-electron chi connectivity index (χ1n) is 9.02. The fraction of sp³-hybridized carbons (Fsp3) is 0.650. The fourth-order valence-electron chi connectivity index (χ4n) is 3.25. The van der Waals surface area contributed by atoms with Crippen LogP contribution in [-0.2, 0) is 11.2 Å². The number of nitrogens with zero attached hydrogens (tertiary/aromatic N) is 1. The largest absolute Gasteiger partial charge is 0.390 e. The zero-order valence-corrected chi connectivity index (χ0v) is 15.3. The van der Waals surface area contributed by atoms with Crippen molar-refractivity contribution in [3.8, 4) is 0 Å². The molecule has 0 bridgehead atoms. The quantitative estimate of drug-likeness (QED) is 0.832. The number of likely N-dealkylation sites (tertiary alicyclic amines) is 1. The number of hydrogen-bond acceptors (Lipinski definition) is 3. The number of aryl methyl sites for hydroxylation is 1. The highest BCUT2D eigenvalue weighted by Gasteiger charge is 2.27. The molecular weight excluding hydrogens is 302 g/mol. The van der Waals surface area contributed by atoms with Gasteiger partial charge in [0.15, 0.2) is 0 Å². The molecule has 1 saturated heterocycles. The number of benzene rings is 1. The number of hydrogen-bond donors (Lipinski definition) is 1. The highest BCUT2D eigenvalue weighted by atomic mass is 16.5. The second-order valence-electron chi connectivity index (χ2n) is 7.44. The van der Waals surface area contributed by atoms with Crippen LogP contribution in [0.1, 0.15) is 61.9 Å². The molecule has 24 heavy (non-hydrogen) atoms. The molecule has 4 nitrogen and oxygen atoms in total. The standard InChI is InChI=1S/C20H31NO3/c1-20(2,23)13-11-16-7-9-17(10-8-16)19(22)21-14-5-4-6-18(21)12-15-24-3/h7-10,18,23H,4-6,11-15H2,1-3H3. The summed E-state index contributed by atoms with van der Waals surface area (Å²) in [6.45, 7) is 5.18. The molecule has 0 saturated carbocycles. The summed E-state index contributed by atoms with van der Waals surface area (Å²) in [5.41, 5.74) is 1.26. The number of piperidine rings is 1. The van der Waals surface area contributed by atoms with Crippen LogP contribution in [0.25, 0.3) is 0 Å². The van der Waals surface area contributed by atoms with E-state index in [1.165, 1.54) is 6.42 Å². The van der Waals surface area contributed by atoms with Crippen LogP contribution in [0.5, 0.6) is 0 Å². The summed E-state index contributed by atoms with van der Waals surface area (Å²) in [5, 5.41) is 9.82. The van der Waals surface area contributed by atoms with E-state index in [0.717, 1.165) is 43.4 Å². The minimum Gasteiger partial charge on any atom is -0.390 e. The molecule has 1 atom stereocenters. The molecule has 4 heteroatoms. The van der Waals surface area contributed by atoms with Gasteiger partial charge >= 0.3 is 0 Å². The molecule has 1 fully saturated rings. The van der Waals surface area contributed by atoms with Gasteiger partial charge in [0.05, 0.1) is 5.60 Å². The third kappa shape index (κ3) is 5.60. The van der Waals surface area contributed by atoms with Crippen molar-refractivity contribution in [1.29, 1.82) is 0 Å². The minimum absolute atomic E-state index is 0.129. The summed E-state index contributed by atoms with van der Waals surface area (Å²) in [4.78, 5) is 14.9. The molecule has 1 unspecified atom stereocenters. The highest BCUT2D eigenvalue weighted by molar-refractivity contribution is 5.94. The lowest BCUT2D eigenvalue weighted by molar-refractivity contribution is 0.0552. The average molecular weight is 333 g/mol. The van der Waals surface area contributed by atoms with Crippen molar-refractivity contribution in [2.24, 2.45) is 0 Å². The molecule has 1 N–H and O–H groups in total. The maximum Gasteiger partial charge on any atom is 0.254 e. The zero-order chi connectivity index (χ0) is 17.6. The van der Waals surface area contributed by atoms with Crippen molar-refractivity contribution in [3.63, 3.8) is 0 Å². The van der Waals surface area contributed by atoms with E-state index >= 15 is 0 Å². The SMILES string of the molecule is COCCC1CCCCN1C(=O)c1ccc(CCC(C)(C)O)cc1. The summed E-state index contributed by atoms with van der Waals surface area (Å²) in [7, 11) is 1.71. The van der Waals surface area contributed by atoms with E-state index in [0.29, 0.717) is 19.1 Å². The smallest absolute Gasteiger partial charge is 0.254 e. The van der Waals surface area contributed by atoms with Crippen molar-refractivity contribution in [2.45, 2.75) is 64.0 Å². The number of carbonyl (C=O) groups excluding carboxylic acids is 1. The molecule has 1 aromatic rings. The second-order valence-corrected chi connectivity index (χ2v) is 7.44. The number of aliphatic hydroxyl groups is 1. The average Bonchev–Trinajstić information content (AvgIpc) is 2.57. The van der Waals surface area contributed by atoms with Gasteiger partial charge in [-0.1, -0.05) is 12.1 Å². The topological polar surface area (TPSA) is 49.8 Å². The van der Waals surface area contributed by atoms with E-state index in [-0.39, 0.29) is 5.91 Å². The number of ether oxygens (including phenoxy) is 1. The summed E-state index contributed by atoms with van der Waals surface area (Å²) < 4.78 is 5.19. The number of carbonyl (C=O) groups is 1. The maximum atomic E-state index is 12.8. The molecule has 0 radical (unpaired) electrons. The van der Waals surface area contributed by atoms with Crippen molar-refractivity contribution >= 4 is 5.91 Å². The van der Waals surface area contributed by atoms with Crippen molar-refractivity contribution in [3.05, 3.63) is 35.4 Å². The first kappa shape index (κ1) is 18.9. The fourth-order valence-corrected chi connectivity index (χ4v) is 3.25. The Balaban J connectivity index is 2.00. The predicted molar refractivity (Wildman–Crippen MR) is 96.2 cm³/mol. The van der Waals surface area contributed by atoms with Crippen LogP contribution in [-0.4, -0.2) is 47.8 Å². The summed E-state index contributed by atoms with van der Waals surface area (Å²) in [6, 6.07) is 8.15. The molecule has 0 spiro atoms. The van der Waals surface area contributed by atoms with E-state index in [1.54, 1.807) is 7.11 Å². The third-order valence-corrected chi connectivity index (χ3v) is 4.77. The Morgan fingerprint density at radius 3 is 2.62 bits per heavy atom. The lowest BCUT2D eigenvalue weighted by atomic mass is 9.96. The second kappa shape index (κ2) is 8.63. The Labute approximate surface area is 145 Å². The Kier molecular flexibility index (Phi) is 6.81. The predicted octanol–water partition coefficient (Wildman–Crippen LogP) is 3.42. The van der Waals surface area contributed by atoms with E-state index in [2.05, 4.69) is 0 Å². The van der Waals surface area contributed by atoms with Gasteiger partial charge in [-0.3, -0.25) is 4.79 Å². The maximum absolute atomic E-state index is 12.8. The Morgan fingerprint density at radius 2 is 2.00 bits per heavy atom. The van der Waals surface area contributed by atoms with Gasteiger partial charge in [0, 0.05) is 31.9 Å². The molecule has 1 aromatic carbocycles. The molecular formula is C20H31NO3. The normalized spacial score (nSPS) is 18.7. The van der Waals surface area contributed by atoms with E-state index in [4.69, 9.17) is 4.74 Å². The van der Waals surface area contributed by atoms with E-state index in [9.17, 15) is 9.90 Å². The van der Waals surface area contributed by atoms with Gasteiger partial charge in [-0.15, -0.1) is 0 Å². The van der Waals surface area contributed by atoms with Crippen molar-refractivity contribution < 1.29 is 14.6 Å². The highest BCUT2D eigenvalue weighted by Crippen LogP contribution is 2.22. The first-order chi connectivity index (χ1) is 11.4. The molecule has 2 rings (SSSR count). The van der Waals surface area contributed by atoms with Gasteiger partial charge < -0.3 is 14.7 Å². The van der Waals surface area contributed by atoms with Crippen LogP contribution < -0.4 is 0 Å². The van der Waals surface area contributed by atoms with Gasteiger partial charge in [0.25, 0.3) is 5.91 Å². The van der Waals surface area contributed by atoms with Crippen LogP contribution in [0.4, 0.5) is 0 Å². The van der Waals surface area contributed by atoms with E-state index < -0.39 is 5.60 Å². The van der Waals surface area contributed by atoms with Gasteiger partial charge in [-0.05, 0) is 70.1 Å². The summed E-state index contributed by atoms with van der Waals surface area (Å²) in [6.07, 6.45) is 5.78. The molecule has 0 aliphatic carbocycles. The minimum atomic E-state index is -0.656. The van der Waals surface area contributed by atoms with Gasteiger partial charge in [-0.25, -0.2) is 0 Å². The van der Waals surface area contributed by atoms with Crippen molar-refractivity contribution in [1.82, 2.24) is 4.90 Å². The van der Waals surface area contributed by atoms with Crippen molar-refractivity contribution in [2.75, 3.05) is 20.3 Å². The van der Waals surface area contributed by atoms with Gasteiger partial charge in [0.1, 0.15) is 0 Å². The lowest BCUT2D eigenvalue weighted by Crippen LogP contribution is -2.44. The first-order valence-corrected chi connectivity index (χ1v) is 9.02. The van der Waals surface area contributed by atoms with Crippen LogP contribution in [0.2, 0.25) is 0 Å². The Morgan fingerprint density at radius 1 is 1.29 bits per heavy atom. The lowest BCUT2D eigenvalue weighted by Gasteiger charge is -2.36. The Hall–Kier alpha value is -1.39. The van der Waals surface area contributed by atoms with Gasteiger partial charge in [0.2, 0.25) is 0 Å². The molecule has 1 aliphatic rings. The van der Waals surface area contributed by atoms with Crippen LogP contribution in [0.3, 0.4) is 0 Å².